The summed E-state index contributed by atoms with van der Waals surface area (Å²) in [5.74, 6) is -76.0. The molecule has 0 unspecified atom stereocenters. The van der Waals surface area contributed by atoms with Crippen LogP contribution in [0.5, 0.6) is 0 Å². The Hall–Kier alpha value is -1.73. The van der Waals surface area contributed by atoms with Crippen LogP contribution in [0, 0.1) is 0 Å². The van der Waals surface area contributed by atoms with Crippen molar-refractivity contribution >= 4 is 6.29 Å². The molecule has 0 radical (unpaired) electrons. The largest absolute Gasteiger partial charge is 0.385 e. The van der Waals surface area contributed by atoms with Gasteiger partial charge in [-0.2, -0.15) is 79.0 Å². The molecule has 0 aromatic heterocycles. The topological polar surface area (TPSA) is 17.1 Å². The Labute approximate surface area is 160 Å². The smallest absolute Gasteiger partial charge is 0.296 e. The Morgan fingerprint density at radius 3 is 0.844 bits per heavy atom. The summed E-state index contributed by atoms with van der Waals surface area (Å²) in [6.07, 6.45) is -8.72. The number of halogens is 20. The van der Waals surface area contributed by atoms with Gasteiger partial charge < -0.3 is 0 Å². The van der Waals surface area contributed by atoms with Crippen LogP contribution >= 0.6 is 0 Å². The molecule has 0 heterocycles. The molecule has 0 spiro atoms. The number of alkyl halides is 20. The monoisotopic (exact) mass is 530 g/mol. The zero-order chi connectivity index (χ0) is 26.8. The molecule has 0 saturated heterocycles. The van der Waals surface area contributed by atoms with Crippen LogP contribution in [-0.2, 0) is 4.79 Å². The van der Waals surface area contributed by atoms with E-state index in [2.05, 4.69) is 0 Å². The lowest BCUT2D eigenvalue weighted by molar-refractivity contribution is -0.463. The molecule has 0 saturated carbocycles. The lowest BCUT2D eigenvalue weighted by Crippen LogP contribution is -2.76. The lowest BCUT2D eigenvalue weighted by Gasteiger charge is -2.43. The first-order valence-corrected chi connectivity index (χ1v) is 6.65. The highest BCUT2D eigenvalue weighted by atomic mass is 19.4. The second-order valence-electron chi connectivity index (χ2n) is 5.69. The van der Waals surface area contributed by atoms with E-state index in [1.54, 1.807) is 0 Å². The van der Waals surface area contributed by atoms with Gasteiger partial charge in [-0.3, -0.25) is 4.79 Å². The van der Waals surface area contributed by atoms with Crippen molar-refractivity contribution in [3.8, 4) is 0 Å². The SMILES string of the molecule is O=CC(F)(F)C(F)(F)C(F)(F)C(F)(F)C(F)(F)C(F)(F)C(F)(F)C(F)(F)C(F)(F)C(F)F. The molecule has 0 aliphatic heterocycles. The summed E-state index contributed by atoms with van der Waals surface area (Å²) in [4.78, 5) is 9.64. The van der Waals surface area contributed by atoms with Gasteiger partial charge in [-0.05, 0) is 0 Å². The molecule has 0 aromatic carbocycles. The number of hydrogen-bond acceptors (Lipinski definition) is 1. The average Bonchev–Trinajstić information content (AvgIpc) is 2.59. The molecule has 1 nitrogen and oxygen atoms in total. The van der Waals surface area contributed by atoms with Gasteiger partial charge in [0.25, 0.3) is 0 Å². The molecule has 0 bridgehead atoms. The zero-order valence-electron chi connectivity index (χ0n) is 13.6. The van der Waals surface area contributed by atoms with Crippen LogP contribution in [0.1, 0.15) is 0 Å². The molecule has 0 aliphatic carbocycles. The molecule has 192 valence electrons. The maximum absolute atomic E-state index is 13.2. The Balaban J connectivity index is 6.98. The van der Waals surface area contributed by atoms with E-state index in [0.717, 1.165) is 0 Å². The van der Waals surface area contributed by atoms with E-state index in [9.17, 15) is 92.6 Å². The predicted molar refractivity (Wildman–Crippen MR) is 56.6 cm³/mol. The number of hydrogen-bond donors (Lipinski definition) is 0. The van der Waals surface area contributed by atoms with Crippen LogP contribution in [0.4, 0.5) is 87.8 Å². The third-order valence-electron chi connectivity index (χ3n) is 3.63. The molecule has 0 aromatic rings. The van der Waals surface area contributed by atoms with E-state index < -0.39 is 66.0 Å². The van der Waals surface area contributed by atoms with Crippen molar-refractivity contribution in [2.45, 2.75) is 59.7 Å². The van der Waals surface area contributed by atoms with Crippen LogP contribution in [0.15, 0.2) is 0 Å². The van der Waals surface area contributed by atoms with Crippen LogP contribution in [0.2, 0.25) is 0 Å². The number of aldehydes is 1. The Kier molecular flexibility index (Phi) is 6.99. The van der Waals surface area contributed by atoms with Gasteiger partial charge in [0.2, 0.25) is 0 Å². The van der Waals surface area contributed by atoms with Crippen molar-refractivity contribution in [2.75, 3.05) is 0 Å². The van der Waals surface area contributed by atoms with E-state index in [4.69, 9.17) is 0 Å². The summed E-state index contributed by atoms with van der Waals surface area (Å²) >= 11 is 0. The van der Waals surface area contributed by atoms with E-state index in [0.29, 0.717) is 0 Å². The standard InChI is InChI=1S/C11H2F20O/c12-2(13)4(16,17)6(20,21)8(24,25)10(28,29)11(30,31)9(26,27)7(22,23)5(18,19)3(14,15)1-32/h1-2H. The van der Waals surface area contributed by atoms with Crippen molar-refractivity contribution in [1.29, 1.82) is 0 Å². The average molecular weight is 530 g/mol. The minimum atomic E-state index is -9.06. The van der Waals surface area contributed by atoms with Crippen LogP contribution in [0.3, 0.4) is 0 Å². The first kappa shape index (κ1) is 30.3. The van der Waals surface area contributed by atoms with E-state index in [1.165, 1.54) is 0 Å². The van der Waals surface area contributed by atoms with Crippen molar-refractivity contribution in [3.63, 3.8) is 0 Å². The molecule has 0 atom stereocenters. The third-order valence-corrected chi connectivity index (χ3v) is 3.63. The minimum Gasteiger partial charge on any atom is -0.296 e. The predicted octanol–water partition coefficient (Wildman–Crippen LogP) is 6.17. The molecule has 0 N–H and O–H groups in total. The van der Waals surface area contributed by atoms with Gasteiger partial charge in [0, 0.05) is 0 Å². The number of carbonyl (C=O) groups excluding carboxylic acids is 1. The number of carbonyl (C=O) groups is 1. The van der Waals surface area contributed by atoms with Gasteiger partial charge in [0.15, 0.2) is 6.29 Å². The van der Waals surface area contributed by atoms with Gasteiger partial charge in [-0.25, -0.2) is 8.78 Å². The van der Waals surface area contributed by atoms with Gasteiger partial charge in [-0.1, -0.05) is 0 Å². The van der Waals surface area contributed by atoms with E-state index in [-0.39, 0.29) is 0 Å². The van der Waals surface area contributed by atoms with Crippen LogP contribution < -0.4 is 0 Å². The first-order chi connectivity index (χ1) is 13.5. The van der Waals surface area contributed by atoms with Gasteiger partial charge >= 0.3 is 59.7 Å². The first-order valence-electron chi connectivity index (χ1n) is 6.65. The van der Waals surface area contributed by atoms with Gasteiger partial charge in [-0.15, -0.1) is 0 Å². The summed E-state index contributed by atoms with van der Waals surface area (Å²) in [5.41, 5.74) is 0. The normalized spacial score (nSPS) is 16.5. The lowest BCUT2D eigenvalue weighted by atomic mass is 9.86. The Morgan fingerprint density at radius 2 is 0.625 bits per heavy atom. The molecular weight excluding hydrogens is 528 g/mol. The fourth-order valence-electron chi connectivity index (χ4n) is 1.62. The third kappa shape index (κ3) is 3.35. The highest BCUT2D eigenvalue weighted by Crippen LogP contribution is 2.65. The fraction of sp³-hybridized carbons (Fsp3) is 0.909. The highest BCUT2D eigenvalue weighted by molar-refractivity contribution is 5.62. The van der Waals surface area contributed by atoms with E-state index >= 15 is 0 Å². The molecule has 0 rings (SSSR count). The summed E-state index contributed by atoms with van der Waals surface area (Å²) in [7, 11) is 0. The zero-order valence-corrected chi connectivity index (χ0v) is 13.6. The second-order valence-corrected chi connectivity index (χ2v) is 5.69. The van der Waals surface area contributed by atoms with Crippen molar-refractivity contribution in [2.24, 2.45) is 0 Å². The van der Waals surface area contributed by atoms with Crippen LogP contribution in [-0.4, -0.2) is 66.0 Å². The van der Waals surface area contributed by atoms with Crippen molar-refractivity contribution in [1.82, 2.24) is 0 Å². The summed E-state index contributed by atoms with van der Waals surface area (Å²) in [6.45, 7) is 0. The summed E-state index contributed by atoms with van der Waals surface area (Å²) < 4.78 is 257. The molecule has 0 amide bonds. The maximum Gasteiger partial charge on any atom is 0.385 e. The van der Waals surface area contributed by atoms with Crippen molar-refractivity contribution < 1.29 is 92.6 Å². The van der Waals surface area contributed by atoms with Gasteiger partial charge in [0.1, 0.15) is 0 Å². The second kappa shape index (κ2) is 7.39. The highest BCUT2D eigenvalue weighted by Gasteiger charge is 2.96. The van der Waals surface area contributed by atoms with Gasteiger partial charge in [0.05, 0.1) is 0 Å². The van der Waals surface area contributed by atoms with Crippen LogP contribution in [0.25, 0.3) is 0 Å². The molecule has 0 aliphatic rings. The summed E-state index contributed by atoms with van der Waals surface area (Å²) in [6, 6.07) is 0. The fourth-order valence-corrected chi connectivity index (χ4v) is 1.62. The number of rotatable bonds is 10. The van der Waals surface area contributed by atoms with E-state index in [1.807, 2.05) is 0 Å². The maximum atomic E-state index is 13.2. The Morgan fingerprint density at radius 1 is 0.406 bits per heavy atom. The summed E-state index contributed by atoms with van der Waals surface area (Å²) in [5, 5.41) is 0. The molecule has 32 heavy (non-hydrogen) atoms. The molecule has 0 fully saturated rings. The minimum absolute atomic E-state index is 2.61. The quantitative estimate of drug-likeness (QED) is 0.244. The molecular formula is C11H2F20O. The van der Waals surface area contributed by atoms with Crippen molar-refractivity contribution in [3.05, 3.63) is 0 Å². The Bertz CT molecular complexity index is 704. The molecule has 21 heteroatoms.